The minimum Gasteiger partial charge on any atom is -0.352 e. The average Bonchev–Trinajstić information content (AvgIpc) is 2.58. The second-order valence-electron chi connectivity index (χ2n) is 5.84. The lowest BCUT2D eigenvalue weighted by molar-refractivity contribution is 0.0755. The monoisotopic (exact) mass is 318 g/mol. The molecule has 1 aromatic rings. The number of carbonyl (C=O) groups is 2. The molecule has 0 aromatic heterocycles. The van der Waals surface area contributed by atoms with Crippen molar-refractivity contribution >= 4 is 11.8 Å². The zero-order valence-electron chi connectivity index (χ0n) is 14.7. The summed E-state index contributed by atoms with van der Waals surface area (Å²) in [4.78, 5) is 26.6. The lowest BCUT2D eigenvalue weighted by Gasteiger charge is -2.21. The van der Waals surface area contributed by atoms with Gasteiger partial charge >= 0.3 is 0 Å². The van der Waals surface area contributed by atoms with Gasteiger partial charge in [0.1, 0.15) is 0 Å². The third-order valence-corrected chi connectivity index (χ3v) is 3.71. The number of hydrogen-bond acceptors (Lipinski definition) is 2. The Balaban J connectivity index is 2.74. The molecule has 128 valence electrons. The fourth-order valence-corrected chi connectivity index (χ4v) is 2.51. The van der Waals surface area contributed by atoms with E-state index in [1.54, 1.807) is 24.3 Å². The van der Waals surface area contributed by atoms with Crippen LogP contribution in [0, 0.1) is 0 Å². The van der Waals surface area contributed by atoms with Gasteiger partial charge < -0.3 is 10.2 Å². The molecular weight excluding hydrogens is 288 g/mol. The molecule has 0 unspecified atom stereocenters. The zero-order chi connectivity index (χ0) is 17.1. The van der Waals surface area contributed by atoms with Crippen LogP contribution in [0.5, 0.6) is 0 Å². The van der Waals surface area contributed by atoms with Gasteiger partial charge in [-0.2, -0.15) is 0 Å². The average molecular weight is 318 g/mol. The maximum absolute atomic E-state index is 12.6. The van der Waals surface area contributed by atoms with Crippen molar-refractivity contribution in [3.05, 3.63) is 35.4 Å². The third-order valence-electron chi connectivity index (χ3n) is 3.71. The first kappa shape index (κ1) is 19.2. The van der Waals surface area contributed by atoms with Gasteiger partial charge in [-0.15, -0.1) is 0 Å². The van der Waals surface area contributed by atoms with Crippen molar-refractivity contribution in [1.82, 2.24) is 10.2 Å². The number of rotatable bonds is 10. The first-order valence-electron chi connectivity index (χ1n) is 8.81. The van der Waals surface area contributed by atoms with Crippen LogP contribution in [0.15, 0.2) is 24.3 Å². The molecule has 0 atom stereocenters. The molecule has 0 bridgehead atoms. The lowest BCUT2D eigenvalue weighted by Crippen LogP contribution is -2.32. The van der Waals surface area contributed by atoms with E-state index in [1.165, 1.54) is 0 Å². The molecule has 4 heteroatoms. The van der Waals surface area contributed by atoms with Crippen molar-refractivity contribution in [2.75, 3.05) is 19.6 Å². The SMILES string of the molecule is CCCCCNC(=O)c1cccc(C(=O)N(CCC)CCC)c1. The van der Waals surface area contributed by atoms with Crippen LogP contribution in [0.1, 0.15) is 73.6 Å². The Morgan fingerprint density at radius 2 is 1.61 bits per heavy atom. The maximum atomic E-state index is 12.6. The summed E-state index contributed by atoms with van der Waals surface area (Å²) in [6.45, 7) is 8.45. The molecule has 0 aliphatic carbocycles. The van der Waals surface area contributed by atoms with Gasteiger partial charge in [0.25, 0.3) is 11.8 Å². The van der Waals surface area contributed by atoms with Crippen LogP contribution in [0.2, 0.25) is 0 Å². The second-order valence-corrected chi connectivity index (χ2v) is 5.84. The molecule has 0 fully saturated rings. The van der Waals surface area contributed by atoms with Gasteiger partial charge in [-0.3, -0.25) is 9.59 Å². The van der Waals surface area contributed by atoms with Crippen LogP contribution >= 0.6 is 0 Å². The standard InChI is InChI=1S/C19H30N2O2/c1-4-7-8-12-20-18(22)16-10-9-11-17(15-16)19(23)21(13-5-2)14-6-3/h9-11,15H,4-8,12-14H2,1-3H3,(H,20,22). The topological polar surface area (TPSA) is 49.4 Å². The van der Waals surface area contributed by atoms with E-state index in [1.807, 2.05) is 4.90 Å². The summed E-state index contributed by atoms with van der Waals surface area (Å²) in [5.41, 5.74) is 1.15. The Kier molecular flexibility index (Phi) is 9.03. The Morgan fingerprint density at radius 3 is 2.22 bits per heavy atom. The molecule has 0 aliphatic rings. The van der Waals surface area contributed by atoms with Gasteiger partial charge in [0.05, 0.1) is 0 Å². The number of nitrogens with one attached hydrogen (secondary N) is 1. The van der Waals surface area contributed by atoms with Gasteiger partial charge in [-0.05, 0) is 37.5 Å². The molecule has 1 aromatic carbocycles. The number of amides is 2. The highest BCUT2D eigenvalue weighted by Gasteiger charge is 2.15. The molecule has 23 heavy (non-hydrogen) atoms. The Labute approximate surface area is 140 Å². The molecule has 2 amide bonds. The Bertz CT molecular complexity index is 494. The zero-order valence-corrected chi connectivity index (χ0v) is 14.7. The van der Waals surface area contributed by atoms with Gasteiger partial charge in [0.2, 0.25) is 0 Å². The van der Waals surface area contributed by atoms with Crippen molar-refractivity contribution in [2.24, 2.45) is 0 Å². The van der Waals surface area contributed by atoms with Crippen LogP contribution in [0.3, 0.4) is 0 Å². The van der Waals surface area contributed by atoms with Gasteiger partial charge in [-0.1, -0.05) is 39.7 Å². The molecule has 0 saturated carbocycles. The molecular formula is C19H30N2O2. The molecule has 0 heterocycles. The fourth-order valence-electron chi connectivity index (χ4n) is 2.51. The quantitative estimate of drug-likeness (QED) is 0.666. The first-order valence-corrected chi connectivity index (χ1v) is 8.81. The lowest BCUT2D eigenvalue weighted by atomic mass is 10.1. The van der Waals surface area contributed by atoms with E-state index in [4.69, 9.17) is 0 Å². The van der Waals surface area contributed by atoms with Crippen LogP contribution in [0.4, 0.5) is 0 Å². The maximum Gasteiger partial charge on any atom is 0.253 e. The molecule has 0 spiro atoms. The van der Waals surface area contributed by atoms with E-state index in [0.29, 0.717) is 17.7 Å². The second kappa shape index (κ2) is 10.8. The van der Waals surface area contributed by atoms with Crippen molar-refractivity contribution in [2.45, 2.75) is 52.9 Å². The largest absolute Gasteiger partial charge is 0.352 e. The summed E-state index contributed by atoms with van der Waals surface area (Å²) in [5, 5.41) is 2.92. The predicted molar refractivity (Wildman–Crippen MR) is 94.8 cm³/mol. The van der Waals surface area contributed by atoms with Crippen LogP contribution in [-0.4, -0.2) is 36.3 Å². The molecule has 1 N–H and O–H groups in total. The van der Waals surface area contributed by atoms with Gasteiger partial charge in [0.15, 0.2) is 0 Å². The highest BCUT2D eigenvalue weighted by atomic mass is 16.2. The summed E-state index contributed by atoms with van der Waals surface area (Å²) >= 11 is 0. The predicted octanol–water partition coefficient (Wildman–Crippen LogP) is 3.87. The molecule has 1 rings (SSSR count). The van der Waals surface area contributed by atoms with Crippen LogP contribution in [-0.2, 0) is 0 Å². The summed E-state index contributed by atoms with van der Waals surface area (Å²) in [6, 6.07) is 7.03. The summed E-state index contributed by atoms with van der Waals surface area (Å²) in [5.74, 6) is -0.0948. The van der Waals surface area contributed by atoms with Gasteiger partial charge in [-0.25, -0.2) is 0 Å². The van der Waals surface area contributed by atoms with Crippen molar-refractivity contribution in [1.29, 1.82) is 0 Å². The van der Waals surface area contributed by atoms with E-state index in [0.717, 1.165) is 45.2 Å². The van der Waals surface area contributed by atoms with E-state index >= 15 is 0 Å². The number of carbonyl (C=O) groups excluding carboxylic acids is 2. The normalized spacial score (nSPS) is 10.4. The third kappa shape index (κ3) is 6.43. The Hall–Kier alpha value is -1.84. The number of unbranched alkanes of at least 4 members (excludes halogenated alkanes) is 2. The minimum absolute atomic E-state index is 0.00864. The van der Waals surface area contributed by atoms with E-state index in [-0.39, 0.29) is 11.8 Å². The summed E-state index contributed by atoms with van der Waals surface area (Å²) < 4.78 is 0. The van der Waals surface area contributed by atoms with Crippen molar-refractivity contribution in [3.63, 3.8) is 0 Å². The van der Waals surface area contributed by atoms with Crippen molar-refractivity contribution in [3.8, 4) is 0 Å². The van der Waals surface area contributed by atoms with Gasteiger partial charge in [0, 0.05) is 30.8 Å². The molecule has 4 nitrogen and oxygen atoms in total. The van der Waals surface area contributed by atoms with Crippen LogP contribution in [0.25, 0.3) is 0 Å². The number of benzene rings is 1. The summed E-state index contributed by atoms with van der Waals surface area (Å²) in [7, 11) is 0. The van der Waals surface area contributed by atoms with E-state index in [9.17, 15) is 9.59 Å². The molecule has 0 radical (unpaired) electrons. The minimum atomic E-state index is -0.103. The van der Waals surface area contributed by atoms with E-state index < -0.39 is 0 Å². The van der Waals surface area contributed by atoms with E-state index in [2.05, 4.69) is 26.1 Å². The summed E-state index contributed by atoms with van der Waals surface area (Å²) in [6.07, 6.45) is 5.10. The number of nitrogens with zero attached hydrogens (tertiary/aromatic N) is 1. The molecule has 0 saturated heterocycles. The Morgan fingerprint density at radius 1 is 0.957 bits per heavy atom. The fraction of sp³-hybridized carbons (Fsp3) is 0.579. The first-order chi connectivity index (χ1) is 11.1. The van der Waals surface area contributed by atoms with Crippen LogP contribution < -0.4 is 5.32 Å². The smallest absolute Gasteiger partial charge is 0.253 e. The highest BCUT2D eigenvalue weighted by molar-refractivity contribution is 5.99. The highest BCUT2D eigenvalue weighted by Crippen LogP contribution is 2.10. The van der Waals surface area contributed by atoms with Crippen molar-refractivity contribution < 1.29 is 9.59 Å². The molecule has 0 aliphatic heterocycles. The number of hydrogen-bond donors (Lipinski definition) is 1.